The predicted octanol–water partition coefficient (Wildman–Crippen LogP) is 1.28. The van der Waals surface area contributed by atoms with Crippen molar-refractivity contribution >= 4 is 5.97 Å². The monoisotopic (exact) mass is 170 g/mol. The molecule has 3 heteroatoms. The highest BCUT2D eigenvalue weighted by Crippen LogP contribution is 2.14. The molecule has 0 aromatic carbocycles. The van der Waals surface area contributed by atoms with Gasteiger partial charge < -0.3 is 9.47 Å². The lowest BCUT2D eigenvalue weighted by atomic mass is 10.3. The van der Waals surface area contributed by atoms with Crippen LogP contribution in [0.15, 0.2) is 12.2 Å². The summed E-state index contributed by atoms with van der Waals surface area (Å²) in [5.41, 5.74) is 0. The summed E-state index contributed by atoms with van der Waals surface area (Å²) in [6.07, 6.45) is 5.43. The van der Waals surface area contributed by atoms with Crippen LogP contribution in [-0.2, 0) is 14.3 Å². The molecule has 0 aliphatic carbocycles. The zero-order chi connectivity index (χ0) is 8.81. The number of hydrogen-bond acceptors (Lipinski definition) is 3. The van der Waals surface area contributed by atoms with Gasteiger partial charge in [-0.15, -0.1) is 0 Å². The molecule has 0 saturated carbocycles. The van der Waals surface area contributed by atoms with Crippen LogP contribution >= 0.6 is 0 Å². The van der Waals surface area contributed by atoms with Gasteiger partial charge in [0, 0.05) is 6.08 Å². The summed E-state index contributed by atoms with van der Waals surface area (Å²) in [7, 11) is 0. The quantitative estimate of drug-likeness (QED) is 0.270. The molecule has 0 aromatic rings. The minimum absolute atomic E-state index is 0.255. The van der Waals surface area contributed by atoms with E-state index < -0.39 is 0 Å². The van der Waals surface area contributed by atoms with Gasteiger partial charge in [0.1, 0.15) is 0 Å². The maximum atomic E-state index is 10.8. The van der Waals surface area contributed by atoms with E-state index in [-0.39, 0.29) is 5.97 Å². The molecule has 1 unspecified atom stereocenters. The zero-order valence-electron chi connectivity index (χ0n) is 7.29. The molecule has 1 atom stereocenters. The minimum Gasteiger partial charge on any atom is -0.463 e. The Kier molecular flexibility index (Phi) is 3.80. The van der Waals surface area contributed by atoms with Gasteiger partial charge in [-0.3, -0.25) is 0 Å². The normalized spacial score (nSPS) is 21.2. The van der Waals surface area contributed by atoms with E-state index in [4.69, 9.17) is 9.47 Å². The van der Waals surface area contributed by atoms with E-state index in [0.717, 1.165) is 19.4 Å². The second kappa shape index (κ2) is 4.93. The maximum Gasteiger partial charge on any atom is 0.330 e. The van der Waals surface area contributed by atoms with Gasteiger partial charge in [0.15, 0.2) is 0 Å². The van der Waals surface area contributed by atoms with Crippen LogP contribution in [0.2, 0.25) is 0 Å². The Hall–Kier alpha value is -0.830. The molecule has 0 N–H and O–H groups in total. The van der Waals surface area contributed by atoms with E-state index in [1.165, 1.54) is 6.08 Å². The van der Waals surface area contributed by atoms with Gasteiger partial charge in [-0.05, 0) is 19.8 Å². The second-order valence-corrected chi connectivity index (χ2v) is 2.77. The van der Waals surface area contributed by atoms with Crippen molar-refractivity contribution in [2.45, 2.75) is 25.9 Å². The average Bonchev–Trinajstić information content (AvgIpc) is 2.82. The summed E-state index contributed by atoms with van der Waals surface area (Å²) in [6, 6.07) is 0. The molecule has 0 spiro atoms. The van der Waals surface area contributed by atoms with Crippen LogP contribution < -0.4 is 0 Å². The Morgan fingerprint density at radius 2 is 2.50 bits per heavy atom. The molecule has 1 aliphatic heterocycles. The molecule has 0 bridgehead atoms. The van der Waals surface area contributed by atoms with Gasteiger partial charge in [0.2, 0.25) is 0 Å². The van der Waals surface area contributed by atoms with E-state index >= 15 is 0 Å². The van der Waals surface area contributed by atoms with Crippen LogP contribution in [0, 0.1) is 0 Å². The molecule has 68 valence electrons. The van der Waals surface area contributed by atoms with E-state index in [1.807, 2.05) is 0 Å². The van der Waals surface area contributed by atoms with Gasteiger partial charge in [-0.25, -0.2) is 4.79 Å². The number of ether oxygens (including phenoxy) is 2. The van der Waals surface area contributed by atoms with Crippen LogP contribution in [0.4, 0.5) is 0 Å². The average molecular weight is 170 g/mol. The van der Waals surface area contributed by atoms with Crippen molar-refractivity contribution < 1.29 is 14.3 Å². The lowest BCUT2D eigenvalue weighted by Crippen LogP contribution is -2.02. The highest BCUT2D eigenvalue weighted by atomic mass is 16.6. The topological polar surface area (TPSA) is 38.8 Å². The van der Waals surface area contributed by atoms with Crippen LogP contribution in [0.3, 0.4) is 0 Å². The predicted molar refractivity (Wildman–Crippen MR) is 44.7 cm³/mol. The molecular formula is C9H14O3. The van der Waals surface area contributed by atoms with Crippen LogP contribution in [0.1, 0.15) is 19.8 Å². The SMILES string of the molecule is CC=CC(=O)OCCCC1CO1. The smallest absolute Gasteiger partial charge is 0.330 e. The first-order valence-electron chi connectivity index (χ1n) is 4.24. The molecule has 0 aromatic heterocycles. The van der Waals surface area contributed by atoms with Gasteiger partial charge in [0.05, 0.1) is 19.3 Å². The molecule has 3 nitrogen and oxygen atoms in total. The number of carbonyl (C=O) groups is 1. The molecule has 1 saturated heterocycles. The number of allylic oxidation sites excluding steroid dienone is 1. The van der Waals surface area contributed by atoms with Crippen LogP contribution in [0.5, 0.6) is 0 Å². The summed E-state index contributed by atoms with van der Waals surface area (Å²) >= 11 is 0. The molecule has 0 radical (unpaired) electrons. The standard InChI is InChI=1S/C9H14O3/c1-2-4-9(10)11-6-3-5-8-7-12-8/h2,4,8H,3,5-7H2,1H3. The molecule has 1 fully saturated rings. The Labute approximate surface area is 72.4 Å². The maximum absolute atomic E-state index is 10.8. The van der Waals surface area contributed by atoms with Crippen molar-refractivity contribution in [2.75, 3.05) is 13.2 Å². The molecule has 1 rings (SSSR count). The zero-order valence-corrected chi connectivity index (χ0v) is 7.29. The number of esters is 1. The third kappa shape index (κ3) is 4.13. The van der Waals surface area contributed by atoms with Crippen LogP contribution in [-0.4, -0.2) is 25.3 Å². The van der Waals surface area contributed by atoms with Crippen LogP contribution in [0.25, 0.3) is 0 Å². The van der Waals surface area contributed by atoms with Gasteiger partial charge >= 0.3 is 5.97 Å². The fraction of sp³-hybridized carbons (Fsp3) is 0.667. The van der Waals surface area contributed by atoms with E-state index in [2.05, 4.69) is 0 Å². The van der Waals surface area contributed by atoms with Gasteiger partial charge in [-0.2, -0.15) is 0 Å². The van der Waals surface area contributed by atoms with Gasteiger partial charge in [0.25, 0.3) is 0 Å². The minimum atomic E-state index is -0.255. The van der Waals surface area contributed by atoms with E-state index in [1.54, 1.807) is 13.0 Å². The lowest BCUT2D eigenvalue weighted by molar-refractivity contribution is -0.137. The van der Waals surface area contributed by atoms with Crippen molar-refractivity contribution in [3.63, 3.8) is 0 Å². The first-order valence-corrected chi connectivity index (χ1v) is 4.24. The molecule has 12 heavy (non-hydrogen) atoms. The van der Waals surface area contributed by atoms with Crippen molar-refractivity contribution in [1.82, 2.24) is 0 Å². The molecule has 1 aliphatic rings. The Balaban J connectivity index is 1.89. The fourth-order valence-corrected chi connectivity index (χ4v) is 0.903. The number of carbonyl (C=O) groups excluding carboxylic acids is 1. The number of rotatable bonds is 5. The first kappa shape index (κ1) is 9.26. The summed E-state index contributed by atoms with van der Waals surface area (Å²) in [4.78, 5) is 10.8. The third-order valence-electron chi connectivity index (χ3n) is 1.62. The first-order chi connectivity index (χ1) is 5.83. The largest absolute Gasteiger partial charge is 0.463 e. The summed E-state index contributed by atoms with van der Waals surface area (Å²) in [6.45, 7) is 3.17. The summed E-state index contributed by atoms with van der Waals surface area (Å²) in [5.74, 6) is -0.255. The second-order valence-electron chi connectivity index (χ2n) is 2.77. The van der Waals surface area contributed by atoms with E-state index in [9.17, 15) is 4.79 Å². The highest BCUT2D eigenvalue weighted by Gasteiger charge is 2.21. The number of hydrogen-bond donors (Lipinski definition) is 0. The van der Waals surface area contributed by atoms with Gasteiger partial charge in [-0.1, -0.05) is 6.08 Å². The van der Waals surface area contributed by atoms with E-state index in [0.29, 0.717) is 12.7 Å². The van der Waals surface area contributed by atoms with Crippen molar-refractivity contribution in [3.05, 3.63) is 12.2 Å². The number of epoxide rings is 1. The van der Waals surface area contributed by atoms with Crippen molar-refractivity contribution in [2.24, 2.45) is 0 Å². The summed E-state index contributed by atoms with van der Waals surface area (Å²) < 4.78 is 9.89. The fourth-order valence-electron chi connectivity index (χ4n) is 0.903. The summed E-state index contributed by atoms with van der Waals surface area (Å²) in [5, 5.41) is 0. The molecule has 1 heterocycles. The third-order valence-corrected chi connectivity index (χ3v) is 1.62. The molecular weight excluding hydrogens is 156 g/mol. The Bertz CT molecular complexity index is 171. The molecule has 0 amide bonds. The van der Waals surface area contributed by atoms with Crippen molar-refractivity contribution in [1.29, 1.82) is 0 Å². The highest BCUT2D eigenvalue weighted by molar-refractivity contribution is 5.81. The Morgan fingerprint density at radius 3 is 3.08 bits per heavy atom. The lowest BCUT2D eigenvalue weighted by Gasteiger charge is -1.99. The Morgan fingerprint density at radius 1 is 1.75 bits per heavy atom. The van der Waals surface area contributed by atoms with Crippen molar-refractivity contribution in [3.8, 4) is 0 Å².